The predicted octanol–water partition coefficient (Wildman–Crippen LogP) is 3.09. The van der Waals surface area contributed by atoms with Gasteiger partial charge in [-0.25, -0.2) is 4.39 Å². The number of hydrogen-bond acceptors (Lipinski definition) is 2. The van der Waals surface area contributed by atoms with Crippen molar-refractivity contribution in [3.8, 4) is 0 Å². The molecule has 2 nitrogen and oxygen atoms in total. The van der Waals surface area contributed by atoms with E-state index < -0.39 is 0 Å². The van der Waals surface area contributed by atoms with Gasteiger partial charge in [-0.1, -0.05) is 49.0 Å². The Balaban J connectivity index is 1.79. The van der Waals surface area contributed by atoms with E-state index in [-0.39, 0.29) is 5.82 Å². The lowest BCUT2D eigenvalue weighted by atomic mass is 10.1. The van der Waals surface area contributed by atoms with Crippen LogP contribution >= 0.6 is 0 Å². The van der Waals surface area contributed by atoms with Gasteiger partial charge in [0.25, 0.3) is 0 Å². The Morgan fingerprint density at radius 2 is 1.80 bits per heavy atom. The SMILES string of the molecule is C=C(N)c1ccc(CNCCc2ccccc2F)cc1. The van der Waals surface area contributed by atoms with Crippen LogP contribution in [0.15, 0.2) is 55.1 Å². The molecule has 0 aliphatic rings. The lowest BCUT2D eigenvalue weighted by Gasteiger charge is -2.07. The first-order valence-electron chi connectivity index (χ1n) is 6.64. The van der Waals surface area contributed by atoms with Gasteiger partial charge < -0.3 is 11.1 Å². The topological polar surface area (TPSA) is 38.0 Å². The number of halogens is 1. The maximum absolute atomic E-state index is 13.4. The molecule has 0 fully saturated rings. The van der Waals surface area contributed by atoms with Gasteiger partial charge in [-0.15, -0.1) is 0 Å². The van der Waals surface area contributed by atoms with Crippen LogP contribution in [0.25, 0.3) is 5.70 Å². The summed E-state index contributed by atoms with van der Waals surface area (Å²) >= 11 is 0. The van der Waals surface area contributed by atoms with E-state index >= 15 is 0 Å². The molecule has 2 aromatic carbocycles. The normalized spacial score (nSPS) is 10.4. The number of hydrogen-bond donors (Lipinski definition) is 2. The average molecular weight is 270 g/mol. The van der Waals surface area contributed by atoms with E-state index in [9.17, 15) is 4.39 Å². The molecule has 0 atom stereocenters. The van der Waals surface area contributed by atoms with Crippen molar-refractivity contribution >= 4 is 5.70 Å². The minimum Gasteiger partial charge on any atom is -0.399 e. The van der Waals surface area contributed by atoms with Crippen molar-refractivity contribution in [2.45, 2.75) is 13.0 Å². The molecule has 0 aliphatic heterocycles. The molecule has 104 valence electrons. The molecule has 0 unspecified atom stereocenters. The first-order valence-corrected chi connectivity index (χ1v) is 6.64. The van der Waals surface area contributed by atoms with Crippen LogP contribution < -0.4 is 11.1 Å². The van der Waals surface area contributed by atoms with Crippen molar-refractivity contribution in [1.82, 2.24) is 5.32 Å². The quantitative estimate of drug-likeness (QED) is 0.792. The average Bonchev–Trinajstić information content (AvgIpc) is 2.46. The number of nitrogens with one attached hydrogen (secondary N) is 1. The molecule has 0 spiro atoms. The van der Waals surface area contributed by atoms with Gasteiger partial charge in [0.1, 0.15) is 5.82 Å². The fraction of sp³-hybridized carbons (Fsp3) is 0.176. The summed E-state index contributed by atoms with van der Waals surface area (Å²) in [6, 6.07) is 14.8. The largest absolute Gasteiger partial charge is 0.399 e. The number of benzene rings is 2. The summed E-state index contributed by atoms with van der Waals surface area (Å²) < 4.78 is 13.4. The summed E-state index contributed by atoms with van der Waals surface area (Å²) in [7, 11) is 0. The second-order valence-corrected chi connectivity index (χ2v) is 4.74. The van der Waals surface area contributed by atoms with Gasteiger partial charge in [0.05, 0.1) is 0 Å². The summed E-state index contributed by atoms with van der Waals surface area (Å²) in [5.41, 5.74) is 9.05. The first-order chi connectivity index (χ1) is 9.66. The molecule has 2 rings (SSSR count). The third-order valence-electron chi connectivity index (χ3n) is 3.18. The van der Waals surface area contributed by atoms with E-state index in [0.29, 0.717) is 12.1 Å². The highest BCUT2D eigenvalue weighted by atomic mass is 19.1. The van der Waals surface area contributed by atoms with E-state index in [4.69, 9.17) is 5.73 Å². The zero-order valence-electron chi connectivity index (χ0n) is 11.4. The van der Waals surface area contributed by atoms with Crippen LogP contribution in [0.1, 0.15) is 16.7 Å². The Hall–Kier alpha value is -2.13. The van der Waals surface area contributed by atoms with Gasteiger partial charge in [0, 0.05) is 12.2 Å². The van der Waals surface area contributed by atoms with Crippen LogP contribution in [0.3, 0.4) is 0 Å². The van der Waals surface area contributed by atoms with Crippen molar-refractivity contribution in [3.05, 3.63) is 77.6 Å². The summed E-state index contributed by atoms with van der Waals surface area (Å²) in [5.74, 6) is -0.139. The third-order valence-corrected chi connectivity index (χ3v) is 3.18. The summed E-state index contributed by atoms with van der Waals surface area (Å²) in [4.78, 5) is 0. The van der Waals surface area contributed by atoms with Gasteiger partial charge in [0.2, 0.25) is 0 Å². The molecular formula is C17H19FN2. The molecule has 20 heavy (non-hydrogen) atoms. The molecule has 0 bridgehead atoms. The van der Waals surface area contributed by atoms with E-state index in [2.05, 4.69) is 11.9 Å². The fourth-order valence-electron chi connectivity index (χ4n) is 1.99. The Morgan fingerprint density at radius 1 is 1.10 bits per heavy atom. The second kappa shape index (κ2) is 6.87. The smallest absolute Gasteiger partial charge is 0.126 e. The van der Waals surface area contributed by atoms with E-state index in [1.807, 2.05) is 36.4 Å². The molecular weight excluding hydrogens is 251 g/mol. The minimum atomic E-state index is -0.139. The standard InChI is InChI=1S/C17H19FN2/c1-13(19)15-8-6-14(7-9-15)12-20-11-10-16-4-2-3-5-17(16)18/h2-9,20H,1,10-12,19H2. The predicted molar refractivity (Wildman–Crippen MR) is 81.5 cm³/mol. The number of rotatable bonds is 6. The van der Waals surface area contributed by atoms with Gasteiger partial charge in [-0.3, -0.25) is 0 Å². The van der Waals surface area contributed by atoms with Gasteiger partial charge in [-0.2, -0.15) is 0 Å². The molecule has 0 aromatic heterocycles. The lowest BCUT2D eigenvalue weighted by Crippen LogP contribution is -2.17. The summed E-state index contributed by atoms with van der Waals surface area (Å²) in [6.45, 7) is 5.20. The van der Waals surface area contributed by atoms with Crippen molar-refractivity contribution in [3.63, 3.8) is 0 Å². The van der Waals surface area contributed by atoms with Crippen LogP contribution in [0.2, 0.25) is 0 Å². The molecule has 3 heteroatoms. The van der Waals surface area contributed by atoms with E-state index in [1.54, 1.807) is 6.07 Å². The van der Waals surface area contributed by atoms with Crippen molar-refractivity contribution in [2.24, 2.45) is 5.73 Å². The molecule has 0 saturated heterocycles. The van der Waals surface area contributed by atoms with Crippen LogP contribution in [0.4, 0.5) is 4.39 Å². The van der Waals surface area contributed by atoms with Crippen LogP contribution in [-0.4, -0.2) is 6.54 Å². The van der Waals surface area contributed by atoms with Crippen LogP contribution in [0, 0.1) is 5.82 Å². The zero-order chi connectivity index (χ0) is 14.4. The molecule has 0 aliphatic carbocycles. The van der Waals surface area contributed by atoms with Gasteiger partial charge in [-0.05, 0) is 35.7 Å². The van der Waals surface area contributed by atoms with E-state index in [1.165, 1.54) is 11.6 Å². The van der Waals surface area contributed by atoms with Crippen molar-refractivity contribution < 1.29 is 4.39 Å². The molecule has 2 aromatic rings. The Labute approximate surface area is 119 Å². The van der Waals surface area contributed by atoms with Gasteiger partial charge in [0.15, 0.2) is 0 Å². The molecule has 3 N–H and O–H groups in total. The number of nitrogens with two attached hydrogens (primary N) is 1. The molecule has 0 radical (unpaired) electrons. The fourth-order valence-corrected chi connectivity index (χ4v) is 1.99. The Morgan fingerprint density at radius 3 is 2.45 bits per heavy atom. The molecule has 0 saturated carbocycles. The van der Waals surface area contributed by atoms with Crippen molar-refractivity contribution in [2.75, 3.05) is 6.54 Å². The van der Waals surface area contributed by atoms with Crippen molar-refractivity contribution in [1.29, 1.82) is 0 Å². The third kappa shape index (κ3) is 3.93. The van der Waals surface area contributed by atoms with Crippen LogP contribution in [-0.2, 0) is 13.0 Å². The summed E-state index contributed by atoms with van der Waals surface area (Å²) in [6.07, 6.45) is 0.685. The maximum Gasteiger partial charge on any atom is 0.126 e. The summed E-state index contributed by atoms with van der Waals surface area (Å²) in [5, 5.41) is 3.31. The van der Waals surface area contributed by atoms with Crippen LogP contribution in [0.5, 0.6) is 0 Å². The van der Waals surface area contributed by atoms with E-state index in [0.717, 1.165) is 24.2 Å². The highest BCUT2D eigenvalue weighted by Crippen LogP contribution is 2.09. The Kier molecular flexibility index (Phi) is 4.91. The minimum absolute atomic E-state index is 0.139. The lowest BCUT2D eigenvalue weighted by molar-refractivity contribution is 0.598. The highest BCUT2D eigenvalue weighted by Gasteiger charge is 2.00. The Bertz CT molecular complexity index is 576. The second-order valence-electron chi connectivity index (χ2n) is 4.74. The van der Waals surface area contributed by atoms with Gasteiger partial charge >= 0.3 is 0 Å². The zero-order valence-corrected chi connectivity index (χ0v) is 11.4. The highest BCUT2D eigenvalue weighted by molar-refractivity contribution is 5.60. The first kappa shape index (κ1) is 14.3. The monoisotopic (exact) mass is 270 g/mol. The molecule has 0 amide bonds. The molecule has 0 heterocycles. The maximum atomic E-state index is 13.4.